The Morgan fingerprint density at radius 3 is 1.48 bits per heavy atom. The van der Waals surface area contributed by atoms with Crippen LogP contribution >= 0.6 is 0 Å². The predicted molar refractivity (Wildman–Crippen MR) is 122 cm³/mol. The topological polar surface area (TPSA) is 104 Å². The minimum Gasteiger partial charge on any atom is -0.550 e. The summed E-state index contributed by atoms with van der Waals surface area (Å²) in [4.78, 5) is 12.0. The molecule has 0 fully saturated rings. The molecule has 0 atom stereocenters. The zero-order chi connectivity index (χ0) is 22.7. The zero-order valence-electron chi connectivity index (χ0n) is 20.4. The van der Waals surface area contributed by atoms with Crippen molar-refractivity contribution in [2.75, 3.05) is 39.5 Å². The molecule has 0 saturated carbocycles. The molecule has 0 rings (SSSR count). The molecule has 0 saturated heterocycles. The number of aliphatic hydroxyl groups is 3. The minimum atomic E-state index is -0.914. The van der Waals surface area contributed by atoms with Crippen molar-refractivity contribution in [3.63, 3.8) is 0 Å². The van der Waals surface area contributed by atoms with Gasteiger partial charge in [0.2, 0.25) is 0 Å². The standard InChI is InChI=1S/C18H34O2.C6H15NO3.K/c1-2-3-4-5-6-7-8-9-10-11-12-13-14-15-16-17-18(19)20;8-4-1-7(2-5-9)3-6-10;/h9-10H,2-8,11-17H2,1H3,(H,19,20);8-10H,1-6H2;/q;;+1/p-1/b10-9-;;. The molecular formula is C24H48KNO5. The Morgan fingerprint density at radius 1 is 0.710 bits per heavy atom. The second-order valence-electron chi connectivity index (χ2n) is 7.72. The molecule has 0 spiro atoms. The third-order valence-electron chi connectivity index (χ3n) is 4.89. The van der Waals surface area contributed by atoms with Crippen LogP contribution in [0.4, 0.5) is 0 Å². The van der Waals surface area contributed by atoms with Crippen molar-refractivity contribution in [2.24, 2.45) is 0 Å². The van der Waals surface area contributed by atoms with Gasteiger partial charge < -0.3 is 25.2 Å². The Kier molecular flexibility index (Phi) is 38.4. The summed E-state index contributed by atoms with van der Waals surface area (Å²) < 4.78 is 0. The number of carbonyl (C=O) groups is 1. The summed E-state index contributed by atoms with van der Waals surface area (Å²) in [6.45, 7) is 4.01. The van der Waals surface area contributed by atoms with Crippen LogP contribution in [0.15, 0.2) is 12.2 Å². The predicted octanol–water partition coefficient (Wildman–Crippen LogP) is 0.0431. The third-order valence-corrected chi connectivity index (χ3v) is 4.89. The Labute approximate surface area is 233 Å². The van der Waals surface area contributed by atoms with Crippen LogP contribution in [-0.4, -0.2) is 65.6 Å². The van der Waals surface area contributed by atoms with Crippen LogP contribution < -0.4 is 56.5 Å². The van der Waals surface area contributed by atoms with Gasteiger partial charge in [0, 0.05) is 25.6 Å². The molecule has 0 amide bonds. The number of hydrogen-bond donors (Lipinski definition) is 3. The number of aliphatic hydroxyl groups excluding tert-OH is 3. The Morgan fingerprint density at radius 2 is 1.10 bits per heavy atom. The smallest absolute Gasteiger partial charge is 0.550 e. The fourth-order valence-corrected chi connectivity index (χ4v) is 3.10. The molecular weight excluding hydrogens is 421 g/mol. The van der Waals surface area contributed by atoms with Gasteiger partial charge in [-0.05, 0) is 38.5 Å². The summed E-state index contributed by atoms with van der Waals surface area (Å²) in [5, 5.41) is 35.7. The number of aliphatic carboxylic acids is 1. The summed E-state index contributed by atoms with van der Waals surface area (Å²) in [5.74, 6) is -0.914. The van der Waals surface area contributed by atoms with E-state index in [-0.39, 0.29) is 77.6 Å². The molecule has 7 heteroatoms. The van der Waals surface area contributed by atoms with Crippen LogP contribution in [0, 0.1) is 0 Å². The molecule has 0 aromatic heterocycles. The average molecular weight is 470 g/mol. The molecule has 0 unspecified atom stereocenters. The molecule has 180 valence electrons. The molecule has 0 heterocycles. The SMILES string of the molecule is CCCCCCCC/C=C\CCCCCCCC(=O)[O-].OCCN(CCO)CCO.[K+]. The van der Waals surface area contributed by atoms with Gasteiger partial charge in [-0.1, -0.05) is 70.4 Å². The first-order valence-electron chi connectivity index (χ1n) is 12.0. The van der Waals surface area contributed by atoms with Crippen LogP contribution in [0.25, 0.3) is 0 Å². The van der Waals surface area contributed by atoms with Crippen LogP contribution in [-0.2, 0) is 4.79 Å². The van der Waals surface area contributed by atoms with Gasteiger partial charge in [-0.15, -0.1) is 0 Å². The first-order valence-corrected chi connectivity index (χ1v) is 12.0. The Balaban J connectivity index is -0.000000604. The van der Waals surface area contributed by atoms with E-state index in [1.165, 1.54) is 64.2 Å². The maximum Gasteiger partial charge on any atom is 1.00 e. The van der Waals surface area contributed by atoms with E-state index in [0.29, 0.717) is 19.6 Å². The summed E-state index contributed by atoms with van der Waals surface area (Å²) in [6, 6.07) is 0. The molecule has 0 aromatic rings. The van der Waals surface area contributed by atoms with Crippen LogP contribution in [0.3, 0.4) is 0 Å². The molecule has 6 nitrogen and oxygen atoms in total. The van der Waals surface area contributed by atoms with E-state index >= 15 is 0 Å². The number of carboxylic acid groups (broad SMARTS) is 1. The number of nitrogens with zero attached hydrogens (tertiary/aromatic N) is 1. The average Bonchev–Trinajstić information content (AvgIpc) is 2.72. The normalized spacial score (nSPS) is 10.7. The van der Waals surface area contributed by atoms with Crippen LogP contribution in [0.2, 0.25) is 0 Å². The third kappa shape index (κ3) is 35.5. The molecule has 31 heavy (non-hydrogen) atoms. The summed E-state index contributed by atoms with van der Waals surface area (Å²) in [6.07, 6.45) is 20.9. The van der Waals surface area contributed by atoms with Gasteiger partial charge in [0.15, 0.2) is 0 Å². The molecule has 0 aliphatic carbocycles. The number of rotatable bonds is 21. The maximum atomic E-state index is 10.2. The largest absolute Gasteiger partial charge is 1.00 e. The van der Waals surface area contributed by atoms with E-state index in [1.54, 1.807) is 4.90 Å². The van der Waals surface area contributed by atoms with Gasteiger partial charge in [0.25, 0.3) is 0 Å². The number of unbranched alkanes of at least 4 members (excludes halogenated alkanes) is 11. The molecule has 0 bridgehead atoms. The Bertz CT molecular complexity index is 356. The molecule has 3 N–H and O–H groups in total. The van der Waals surface area contributed by atoms with Crippen LogP contribution in [0.5, 0.6) is 0 Å². The van der Waals surface area contributed by atoms with Crippen molar-refractivity contribution in [1.29, 1.82) is 0 Å². The second kappa shape index (κ2) is 32.9. The van der Waals surface area contributed by atoms with E-state index in [2.05, 4.69) is 19.1 Å². The van der Waals surface area contributed by atoms with E-state index in [4.69, 9.17) is 15.3 Å². The maximum absolute atomic E-state index is 10.2. The number of hydrogen-bond acceptors (Lipinski definition) is 6. The first kappa shape index (κ1) is 36.3. The van der Waals surface area contributed by atoms with Gasteiger partial charge in [0.1, 0.15) is 0 Å². The van der Waals surface area contributed by atoms with Crippen molar-refractivity contribution in [2.45, 2.75) is 96.8 Å². The quantitative estimate of drug-likeness (QED) is 0.125. The van der Waals surface area contributed by atoms with Crippen molar-refractivity contribution < 1.29 is 76.6 Å². The van der Waals surface area contributed by atoms with Crippen molar-refractivity contribution in [3.05, 3.63) is 12.2 Å². The van der Waals surface area contributed by atoms with Crippen molar-refractivity contribution in [1.82, 2.24) is 4.90 Å². The number of carbonyl (C=O) groups excluding carboxylic acids is 1. The van der Waals surface area contributed by atoms with Crippen molar-refractivity contribution >= 4 is 5.97 Å². The van der Waals surface area contributed by atoms with Gasteiger partial charge in [0.05, 0.1) is 19.8 Å². The van der Waals surface area contributed by atoms with E-state index in [9.17, 15) is 9.90 Å². The second-order valence-corrected chi connectivity index (χ2v) is 7.72. The van der Waals surface area contributed by atoms with Gasteiger partial charge in [-0.3, -0.25) is 4.90 Å². The molecule has 0 radical (unpaired) electrons. The van der Waals surface area contributed by atoms with Crippen molar-refractivity contribution in [3.8, 4) is 0 Å². The zero-order valence-corrected chi connectivity index (χ0v) is 23.5. The summed E-state index contributed by atoms with van der Waals surface area (Å²) in [5.41, 5.74) is 0. The summed E-state index contributed by atoms with van der Waals surface area (Å²) in [7, 11) is 0. The van der Waals surface area contributed by atoms with Gasteiger partial charge in [-0.25, -0.2) is 0 Å². The minimum absolute atomic E-state index is 0. The molecule has 0 aliphatic heterocycles. The van der Waals surface area contributed by atoms with Crippen LogP contribution in [0.1, 0.15) is 96.8 Å². The summed E-state index contributed by atoms with van der Waals surface area (Å²) >= 11 is 0. The van der Waals surface area contributed by atoms with Gasteiger partial charge >= 0.3 is 51.4 Å². The van der Waals surface area contributed by atoms with E-state index in [1.807, 2.05) is 0 Å². The fourth-order valence-electron chi connectivity index (χ4n) is 3.10. The first-order chi connectivity index (χ1) is 14.6. The van der Waals surface area contributed by atoms with E-state index in [0.717, 1.165) is 19.3 Å². The number of allylic oxidation sites excluding steroid dienone is 2. The monoisotopic (exact) mass is 469 g/mol. The van der Waals surface area contributed by atoms with Gasteiger partial charge in [-0.2, -0.15) is 0 Å². The number of carboxylic acids is 1. The fraction of sp³-hybridized carbons (Fsp3) is 0.875. The van der Waals surface area contributed by atoms with E-state index < -0.39 is 5.97 Å². The molecule has 0 aliphatic rings. The molecule has 0 aromatic carbocycles. The Hall–Kier alpha value is 0.686.